The molecule has 1 aliphatic carbocycles. The average Bonchev–Trinajstić information content (AvgIpc) is 2.80. The Morgan fingerprint density at radius 1 is 1.44 bits per heavy atom. The molecule has 4 nitrogen and oxygen atoms in total. The third-order valence-electron chi connectivity index (χ3n) is 3.45. The Morgan fingerprint density at radius 2 is 2.22 bits per heavy atom. The molecule has 0 saturated heterocycles. The van der Waals surface area contributed by atoms with Crippen LogP contribution in [0.15, 0.2) is 18.2 Å². The van der Waals surface area contributed by atoms with Crippen LogP contribution in [0, 0.1) is 6.92 Å². The van der Waals surface area contributed by atoms with Gasteiger partial charge in [0.1, 0.15) is 5.75 Å². The molecule has 1 aliphatic rings. The number of rotatable bonds is 3. The molecule has 0 aromatic heterocycles. The number of carbonyl (C=O) groups excluding carboxylic acids is 1. The van der Waals surface area contributed by atoms with E-state index in [9.17, 15) is 9.90 Å². The number of carbonyl (C=O) groups is 1. The van der Waals surface area contributed by atoms with Gasteiger partial charge >= 0.3 is 0 Å². The summed E-state index contributed by atoms with van der Waals surface area (Å²) in [5.74, 6) is -0.183. The first-order valence-electron chi connectivity index (χ1n) is 6.23. The summed E-state index contributed by atoms with van der Waals surface area (Å²) in [6.07, 6.45) is 2.98. The normalized spacial score (nSPS) is 23.0. The van der Waals surface area contributed by atoms with Gasteiger partial charge in [0.2, 0.25) is 0 Å². The maximum Gasteiger partial charge on any atom is 0.255 e. The highest BCUT2D eigenvalue weighted by Crippen LogP contribution is 2.23. The maximum atomic E-state index is 12.1. The summed E-state index contributed by atoms with van der Waals surface area (Å²) in [6.45, 7) is 1.90. The number of benzene rings is 1. The second-order valence-electron chi connectivity index (χ2n) is 4.86. The predicted octanol–water partition coefficient (Wildman–Crippen LogP) is 2.00. The van der Waals surface area contributed by atoms with Crippen LogP contribution >= 0.6 is 0 Å². The van der Waals surface area contributed by atoms with E-state index >= 15 is 0 Å². The third-order valence-corrected chi connectivity index (χ3v) is 3.45. The van der Waals surface area contributed by atoms with Crippen molar-refractivity contribution < 1.29 is 14.6 Å². The summed E-state index contributed by atoms with van der Waals surface area (Å²) >= 11 is 0. The second-order valence-corrected chi connectivity index (χ2v) is 4.86. The van der Waals surface area contributed by atoms with Gasteiger partial charge in [-0.3, -0.25) is 4.79 Å². The van der Waals surface area contributed by atoms with Gasteiger partial charge in [0.05, 0.1) is 11.7 Å². The molecule has 1 aromatic rings. The fourth-order valence-corrected chi connectivity index (χ4v) is 2.38. The number of phenols is 1. The van der Waals surface area contributed by atoms with Crippen LogP contribution in [-0.2, 0) is 4.74 Å². The maximum absolute atomic E-state index is 12.1. The van der Waals surface area contributed by atoms with Gasteiger partial charge in [-0.1, -0.05) is 11.6 Å². The lowest BCUT2D eigenvalue weighted by Gasteiger charge is -2.14. The van der Waals surface area contributed by atoms with Crippen LogP contribution < -0.4 is 5.32 Å². The molecule has 1 saturated carbocycles. The SMILES string of the molecule is COC1CCC(NC(=O)c2cc(C)ccc2O)C1. The van der Waals surface area contributed by atoms with Gasteiger partial charge in [-0.25, -0.2) is 0 Å². The molecule has 0 radical (unpaired) electrons. The molecule has 0 aliphatic heterocycles. The van der Waals surface area contributed by atoms with Gasteiger partial charge in [-0.15, -0.1) is 0 Å². The number of aryl methyl sites for hydroxylation is 1. The smallest absolute Gasteiger partial charge is 0.255 e. The zero-order valence-electron chi connectivity index (χ0n) is 10.8. The minimum absolute atomic E-state index is 0.0272. The summed E-state index contributed by atoms with van der Waals surface area (Å²) in [6, 6.07) is 5.18. The minimum atomic E-state index is -0.210. The molecule has 1 aromatic carbocycles. The first-order chi connectivity index (χ1) is 8.60. The Morgan fingerprint density at radius 3 is 2.89 bits per heavy atom. The monoisotopic (exact) mass is 249 g/mol. The van der Waals surface area contributed by atoms with Crippen LogP contribution in [0.3, 0.4) is 0 Å². The van der Waals surface area contributed by atoms with Crippen molar-refractivity contribution in [2.24, 2.45) is 0 Å². The molecule has 1 amide bonds. The standard InChI is InChI=1S/C14H19NO3/c1-9-3-6-13(16)12(7-9)14(17)15-10-4-5-11(8-10)18-2/h3,6-7,10-11,16H,4-5,8H2,1-2H3,(H,15,17). The highest BCUT2D eigenvalue weighted by Gasteiger charge is 2.26. The van der Waals surface area contributed by atoms with Gasteiger partial charge in [-0.2, -0.15) is 0 Å². The number of methoxy groups -OCH3 is 1. The number of amides is 1. The molecule has 2 N–H and O–H groups in total. The van der Waals surface area contributed by atoms with Gasteiger partial charge in [0, 0.05) is 13.2 Å². The van der Waals surface area contributed by atoms with E-state index in [0.29, 0.717) is 5.56 Å². The molecule has 18 heavy (non-hydrogen) atoms. The largest absolute Gasteiger partial charge is 0.507 e. The van der Waals surface area contributed by atoms with E-state index in [4.69, 9.17) is 4.74 Å². The van der Waals surface area contributed by atoms with Crippen molar-refractivity contribution >= 4 is 5.91 Å². The molecule has 2 rings (SSSR count). The van der Waals surface area contributed by atoms with Crippen molar-refractivity contribution in [3.05, 3.63) is 29.3 Å². The van der Waals surface area contributed by atoms with E-state index in [-0.39, 0.29) is 23.8 Å². The van der Waals surface area contributed by atoms with Crippen molar-refractivity contribution in [2.45, 2.75) is 38.3 Å². The summed E-state index contributed by atoms with van der Waals surface area (Å²) in [4.78, 5) is 12.1. The molecular weight excluding hydrogens is 230 g/mol. The average molecular weight is 249 g/mol. The van der Waals surface area contributed by atoms with Crippen molar-refractivity contribution in [3.63, 3.8) is 0 Å². The van der Waals surface area contributed by atoms with Crippen molar-refractivity contribution in [1.82, 2.24) is 5.32 Å². The molecular formula is C14H19NO3. The number of ether oxygens (including phenoxy) is 1. The van der Waals surface area contributed by atoms with Crippen LogP contribution in [0.4, 0.5) is 0 Å². The Kier molecular flexibility index (Phi) is 3.87. The van der Waals surface area contributed by atoms with Crippen LogP contribution in [0.25, 0.3) is 0 Å². The number of nitrogens with one attached hydrogen (secondary N) is 1. The zero-order valence-corrected chi connectivity index (χ0v) is 10.8. The van der Waals surface area contributed by atoms with Gasteiger partial charge in [0.15, 0.2) is 0 Å². The fourth-order valence-electron chi connectivity index (χ4n) is 2.38. The van der Waals surface area contributed by atoms with Gasteiger partial charge in [0.25, 0.3) is 5.91 Å². The van der Waals surface area contributed by atoms with E-state index in [1.807, 2.05) is 6.92 Å². The van der Waals surface area contributed by atoms with E-state index < -0.39 is 0 Å². The first kappa shape index (κ1) is 12.9. The summed E-state index contributed by atoms with van der Waals surface area (Å²) in [7, 11) is 1.70. The number of hydrogen-bond acceptors (Lipinski definition) is 3. The Hall–Kier alpha value is -1.55. The fraction of sp³-hybridized carbons (Fsp3) is 0.500. The van der Waals surface area contributed by atoms with Gasteiger partial charge < -0.3 is 15.2 Å². The Balaban J connectivity index is 2.02. The van der Waals surface area contributed by atoms with Crippen LogP contribution in [-0.4, -0.2) is 30.3 Å². The highest BCUT2D eigenvalue weighted by atomic mass is 16.5. The van der Waals surface area contributed by atoms with Crippen molar-refractivity contribution in [3.8, 4) is 5.75 Å². The van der Waals surface area contributed by atoms with Crippen LogP contribution in [0.2, 0.25) is 0 Å². The number of phenolic OH excluding ortho intramolecular Hbond substituents is 1. The minimum Gasteiger partial charge on any atom is -0.507 e. The lowest BCUT2D eigenvalue weighted by atomic mass is 10.1. The molecule has 0 spiro atoms. The number of aromatic hydroxyl groups is 1. The van der Waals surface area contributed by atoms with E-state index in [1.54, 1.807) is 25.3 Å². The van der Waals surface area contributed by atoms with Crippen LogP contribution in [0.5, 0.6) is 5.75 Å². The molecule has 0 bridgehead atoms. The summed E-state index contributed by atoms with van der Waals surface area (Å²) < 4.78 is 5.27. The summed E-state index contributed by atoms with van der Waals surface area (Å²) in [5.41, 5.74) is 1.30. The number of hydrogen-bond donors (Lipinski definition) is 2. The van der Waals surface area contributed by atoms with Crippen molar-refractivity contribution in [1.29, 1.82) is 0 Å². The lowest BCUT2D eigenvalue weighted by Crippen LogP contribution is -2.33. The van der Waals surface area contributed by atoms with Crippen LogP contribution in [0.1, 0.15) is 35.2 Å². The van der Waals surface area contributed by atoms with Gasteiger partial charge in [-0.05, 0) is 38.3 Å². The highest BCUT2D eigenvalue weighted by molar-refractivity contribution is 5.97. The molecule has 2 atom stereocenters. The second kappa shape index (κ2) is 5.40. The first-order valence-corrected chi connectivity index (χ1v) is 6.23. The Bertz CT molecular complexity index is 445. The topological polar surface area (TPSA) is 58.6 Å². The van der Waals surface area contributed by atoms with E-state index in [0.717, 1.165) is 24.8 Å². The predicted molar refractivity (Wildman–Crippen MR) is 68.7 cm³/mol. The van der Waals surface area contributed by atoms with E-state index in [2.05, 4.69) is 5.32 Å². The van der Waals surface area contributed by atoms with Crippen molar-refractivity contribution in [2.75, 3.05) is 7.11 Å². The van der Waals surface area contributed by atoms with E-state index in [1.165, 1.54) is 0 Å². The third kappa shape index (κ3) is 2.82. The lowest BCUT2D eigenvalue weighted by molar-refractivity contribution is 0.0912. The zero-order chi connectivity index (χ0) is 13.1. The molecule has 0 heterocycles. The Labute approximate surface area is 107 Å². The molecule has 1 fully saturated rings. The molecule has 2 unspecified atom stereocenters. The molecule has 4 heteroatoms. The quantitative estimate of drug-likeness (QED) is 0.861. The molecule has 98 valence electrons. The summed E-state index contributed by atoms with van der Waals surface area (Å²) in [5, 5.41) is 12.6.